The predicted molar refractivity (Wildman–Crippen MR) is 102 cm³/mol. The van der Waals surface area contributed by atoms with E-state index in [1.54, 1.807) is 11.1 Å². The second kappa shape index (κ2) is 7.97. The zero-order chi connectivity index (χ0) is 16.9. The van der Waals surface area contributed by atoms with Crippen molar-refractivity contribution < 1.29 is 0 Å². The molecule has 1 nitrogen and oxygen atoms in total. The fraction of sp³-hybridized carbons (Fsp3) is 0.545. The smallest absolute Gasteiger partial charge is 0.0112 e. The number of hydrogen-bond donors (Lipinski definition) is 1. The van der Waals surface area contributed by atoms with Crippen LogP contribution in [0.25, 0.3) is 0 Å². The molecule has 0 spiro atoms. The van der Waals surface area contributed by atoms with Gasteiger partial charge in [-0.05, 0) is 74.5 Å². The van der Waals surface area contributed by atoms with Crippen molar-refractivity contribution in [1.29, 1.82) is 0 Å². The largest absolute Gasteiger partial charge is 0.327 e. The summed E-state index contributed by atoms with van der Waals surface area (Å²) in [4.78, 5) is 0. The van der Waals surface area contributed by atoms with Crippen LogP contribution in [0, 0.1) is 5.41 Å². The van der Waals surface area contributed by atoms with Crippen molar-refractivity contribution in [1.82, 2.24) is 0 Å². The van der Waals surface area contributed by atoms with Gasteiger partial charge >= 0.3 is 0 Å². The van der Waals surface area contributed by atoms with Crippen molar-refractivity contribution in [3.8, 4) is 0 Å². The summed E-state index contributed by atoms with van der Waals surface area (Å²) < 4.78 is 0. The van der Waals surface area contributed by atoms with Crippen LogP contribution in [0.4, 0.5) is 0 Å². The number of hydrogen-bond acceptors (Lipinski definition) is 1. The molecule has 23 heavy (non-hydrogen) atoms. The average Bonchev–Trinajstić information content (AvgIpc) is 2.72. The van der Waals surface area contributed by atoms with Crippen molar-refractivity contribution in [2.75, 3.05) is 6.54 Å². The van der Waals surface area contributed by atoms with E-state index in [1.807, 2.05) is 0 Å². The molecule has 0 aromatic carbocycles. The molecule has 126 valence electrons. The first-order valence-electron chi connectivity index (χ1n) is 9.09. The molecule has 0 radical (unpaired) electrons. The van der Waals surface area contributed by atoms with Crippen molar-refractivity contribution in [3.63, 3.8) is 0 Å². The molecule has 0 unspecified atom stereocenters. The third kappa shape index (κ3) is 4.81. The van der Waals surface area contributed by atoms with Gasteiger partial charge in [0.25, 0.3) is 0 Å². The summed E-state index contributed by atoms with van der Waals surface area (Å²) >= 11 is 0. The van der Waals surface area contributed by atoms with E-state index in [0.29, 0.717) is 12.0 Å². The van der Waals surface area contributed by atoms with Crippen molar-refractivity contribution >= 4 is 0 Å². The second-order valence-electron chi connectivity index (χ2n) is 7.67. The van der Waals surface area contributed by atoms with E-state index in [4.69, 9.17) is 5.73 Å². The molecular formula is C22H33N. The summed E-state index contributed by atoms with van der Waals surface area (Å²) in [6.45, 7) is 9.96. The summed E-state index contributed by atoms with van der Waals surface area (Å²) in [5, 5.41) is 0. The van der Waals surface area contributed by atoms with Gasteiger partial charge in [0.2, 0.25) is 0 Å². The highest BCUT2D eigenvalue weighted by molar-refractivity contribution is 5.41. The summed E-state index contributed by atoms with van der Waals surface area (Å²) in [5.74, 6) is 0. The van der Waals surface area contributed by atoms with Crippen LogP contribution in [0.5, 0.6) is 0 Å². The molecule has 0 amide bonds. The monoisotopic (exact) mass is 311 g/mol. The van der Waals surface area contributed by atoms with E-state index in [-0.39, 0.29) is 0 Å². The summed E-state index contributed by atoms with van der Waals surface area (Å²) in [6, 6.07) is 0. The van der Waals surface area contributed by atoms with Gasteiger partial charge in [0.1, 0.15) is 0 Å². The third-order valence-electron chi connectivity index (χ3n) is 5.34. The van der Waals surface area contributed by atoms with E-state index in [9.17, 15) is 0 Å². The molecule has 0 heterocycles. The molecule has 1 heteroatoms. The first kappa shape index (κ1) is 18.0. The molecule has 0 atom stereocenters. The number of rotatable bonds is 3. The fourth-order valence-corrected chi connectivity index (χ4v) is 3.83. The molecule has 0 aromatic rings. The Bertz CT molecular complexity index is 579. The Morgan fingerprint density at radius 2 is 1.96 bits per heavy atom. The van der Waals surface area contributed by atoms with Crippen LogP contribution in [0.15, 0.2) is 58.2 Å². The van der Waals surface area contributed by atoms with Crippen LogP contribution in [0.2, 0.25) is 0 Å². The van der Waals surface area contributed by atoms with Gasteiger partial charge in [-0.15, -0.1) is 0 Å². The van der Waals surface area contributed by atoms with Gasteiger partial charge in [0, 0.05) is 6.54 Å². The summed E-state index contributed by atoms with van der Waals surface area (Å²) in [7, 11) is 0. The van der Waals surface area contributed by atoms with E-state index >= 15 is 0 Å². The van der Waals surface area contributed by atoms with Crippen LogP contribution in [-0.4, -0.2) is 6.54 Å². The molecule has 0 saturated heterocycles. The highest BCUT2D eigenvalue weighted by atomic mass is 14.5. The Labute approximate surface area is 142 Å². The minimum Gasteiger partial charge on any atom is -0.327 e. The Morgan fingerprint density at radius 3 is 2.65 bits per heavy atom. The van der Waals surface area contributed by atoms with Crippen molar-refractivity contribution in [2.24, 2.45) is 11.1 Å². The Balaban J connectivity index is 2.21. The van der Waals surface area contributed by atoms with E-state index in [2.05, 4.69) is 58.1 Å². The van der Waals surface area contributed by atoms with Gasteiger partial charge in [-0.25, -0.2) is 0 Å². The van der Waals surface area contributed by atoms with Gasteiger partial charge in [-0.1, -0.05) is 55.4 Å². The minimum atomic E-state index is 0.320. The van der Waals surface area contributed by atoms with E-state index < -0.39 is 0 Å². The van der Waals surface area contributed by atoms with Gasteiger partial charge in [0.05, 0.1) is 0 Å². The molecule has 0 bridgehead atoms. The highest BCUT2D eigenvalue weighted by Crippen LogP contribution is 2.40. The molecule has 2 rings (SSSR count). The van der Waals surface area contributed by atoms with Gasteiger partial charge in [-0.2, -0.15) is 0 Å². The second-order valence-corrected chi connectivity index (χ2v) is 7.67. The van der Waals surface area contributed by atoms with Gasteiger partial charge in [-0.3, -0.25) is 0 Å². The van der Waals surface area contributed by atoms with Crippen LogP contribution >= 0.6 is 0 Å². The first-order chi connectivity index (χ1) is 10.9. The molecular weight excluding hydrogens is 278 g/mol. The summed E-state index contributed by atoms with van der Waals surface area (Å²) in [6.07, 6.45) is 18.8. The zero-order valence-corrected chi connectivity index (χ0v) is 15.4. The highest BCUT2D eigenvalue weighted by Gasteiger charge is 2.26. The van der Waals surface area contributed by atoms with Crippen LogP contribution in [0.1, 0.15) is 66.2 Å². The maximum absolute atomic E-state index is 5.63. The Hall–Kier alpha value is -1.34. The standard InChI is InChI=1S/C22H33N/c1-17(20-9-5-8-19(11-12-20)14-16-23)10-13-21-18(2)7-6-15-22(21,3)4/h10-14H,5-9,15-16,23H2,1-4H3/b13-10+,19-14+,20-17+. The average molecular weight is 312 g/mol. The van der Waals surface area contributed by atoms with E-state index in [0.717, 1.165) is 12.8 Å². The fourth-order valence-electron chi connectivity index (χ4n) is 3.83. The lowest BCUT2D eigenvalue weighted by molar-refractivity contribution is 0.377. The van der Waals surface area contributed by atoms with Crippen LogP contribution < -0.4 is 5.73 Å². The maximum Gasteiger partial charge on any atom is 0.0112 e. The Morgan fingerprint density at radius 1 is 1.17 bits per heavy atom. The molecule has 0 saturated carbocycles. The third-order valence-corrected chi connectivity index (χ3v) is 5.34. The van der Waals surface area contributed by atoms with Gasteiger partial charge in [0.15, 0.2) is 0 Å². The zero-order valence-electron chi connectivity index (χ0n) is 15.4. The van der Waals surface area contributed by atoms with E-state index in [1.165, 1.54) is 42.4 Å². The SMILES string of the molecule is CC1=C(/C=C/C(C)=C2C=C/C(=C/CN)CCC/2)C(C)(C)CCC1. The molecule has 2 aliphatic rings. The van der Waals surface area contributed by atoms with Crippen LogP contribution in [0.3, 0.4) is 0 Å². The molecule has 0 aliphatic heterocycles. The topological polar surface area (TPSA) is 26.0 Å². The molecule has 0 aromatic heterocycles. The van der Waals surface area contributed by atoms with Crippen molar-refractivity contribution in [3.05, 3.63) is 58.2 Å². The predicted octanol–water partition coefficient (Wildman–Crippen LogP) is 6.01. The first-order valence-corrected chi connectivity index (χ1v) is 9.09. The number of nitrogens with two attached hydrogens (primary N) is 1. The van der Waals surface area contributed by atoms with Crippen LogP contribution in [-0.2, 0) is 0 Å². The quantitative estimate of drug-likeness (QED) is 0.678. The maximum atomic E-state index is 5.63. The lowest BCUT2D eigenvalue weighted by Gasteiger charge is -2.33. The normalized spacial score (nSPS) is 26.0. The lowest BCUT2D eigenvalue weighted by atomic mass is 9.72. The van der Waals surface area contributed by atoms with Gasteiger partial charge < -0.3 is 5.73 Å². The molecule has 2 N–H and O–H groups in total. The molecule has 0 fully saturated rings. The minimum absolute atomic E-state index is 0.320. The number of allylic oxidation sites excluding steroid dienone is 9. The molecule has 2 aliphatic carbocycles. The lowest BCUT2D eigenvalue weighted by Crippen LogP contribution is -2.19. The summed E-state index contributed by atoms with van der Waals surface area (Å²) in [5.41, 5.74) is 13.3. The van der Waals surface area contributed by atoms with Crippen molar-refractivity contribution in [2.45, 2.75) is 66.2 Å². The Kier molecular flexibility index (Phi) is 6.24.